The van der Waals surface area contributed by atoms with E-state index in [1.165, 1.54) is 18.3 Å². The van der Waals surface area contributed by atoms with Gasteiger partial charge in [0.15, 0.2) is 6.61 Å². The first kappa shape index (κ1) is 18.6. The molecule has 134 valence electrons. The number of carbonyl (C=O) groups excluding carboxylic acids is 1. The van der Waals surface area contributed by atoms with Crippen molar-refractivity contribution in [2.75, 3.05) is 20.3 Å². The molecule has 0 amide bonds. The Labute approximate surface area is 145 Å². The van der Waals surface area contributed by atoms with Crippen molar-refractivity contribution in [2.24, 2.45) is 0 Å². The third kappa shape index (κ3) is 4.42. The molecule has 2 heterocycles. The highest BCUT2D eigenvalue weighted by Crippen LogP contribution is 2.23. The lowest BCUT2D eigenvalue weighted by Gasteiger charge is -2.09. The Bertz CT molecular complexity index is 770. The summed E-state index contributed by atoms with van der Waals surface area (Å²) in [7, 11) is 1.65. The van der Waals surface area contributed by atoms with E-state index < -0.39 is 10.7 Å². The highest BCUT2D eigenvalue weighted by atomic mass is 16.6. The molecular weight excluding hydrogens is 326 g/mol. The van der Waals surface area contributed by atoms with E-state index in [4.69, 9.17) is 9.47 Å². The number of ketones is 1. The van der Waals surface area contributed by atoms with Crippen LogP contribution in [0.4, 0.5) is 5.82 Å². The highest BCUT2D eigenvalue weighted by Gasteiger charge is 2.19. The minimum Gasteiger partial charge on any atom is -0.477 e. The Hall–Kier alpha value is -2.74. The number of methoxy groups -OCH3 is 1. The number of pyridine rings is 1. The summed E-state index contributed by atoms with van der Waals surface area (Å²) in [5.41, 5.74) is 2.38. The van der Waals surface area contributed by atoms with E-state index in [0.717, 1.165) is 24.4 Å². The van der Waals surface area contributed by atoms with E-state index in [0.29, 0.717) is 12.2 Å². The molecular formula is C17H21N3O5. The molecule has 0 aromatic carbocycles. The zero-order chi connectivity index (χ0) is 18.4. The Morgan fingerprint density at radius 3 is 2.84 bits per heavy atom. The number of nitrogens with zero attached hydrogens (tertiary/aromatic N) is 3. The third-order valence-electron chi connectivity index (χ3n) is 3.89. The predicted octanol–water partition coefficient (Wildman–Crippen LogP) is 2.71. The fraction of sp³-hybridized carbons (Fsp3) is 0.412. The quantitative estimate of drug-likeness (QED) is 0.299. The van der Waals surface area contributed by atoms with Crippen LogP contribution in [-0.2, 0) is 11.3 Å². The molecule has 0 unspecified atom stereocenters. The second-order valence-corrected chi connectivity index (χ2v) is 5.58. The van der Waals surface area contributed by atoms with Crippen LogP contribution < -0.4 is 4.74 Å². The van der Waals surface area contributed by atoms with Crippen molar-refractivity contribution < 1.29 is 19.2 Å². The van der Waals surface area contributed by atoms with Crippen LogP contribution in [0.1, 0.15) is 28.2 Å². The number of carbonyl (C=O) groups is 1. The summed E-state index contributed by atoms with van der Waals surface area (Å²) in [5.74, 6) is -0.653. The zero-order valence-electron chi connectivity index (χ0n) is 14.5. The third-order valence-corrected chi connectivity index (χ3v) is 3.89. The molecule has 8 heteroatoms. The highest BCUT2D eigenvalue weighted by molar-refractivity contribution is 5.98. The lowest BCUT2D eigenvalue weighted by molar-refractivity contribution is -0.390. The molecule has 8 nitrogen and oxygen atoms in total. The maximum Gasteiger partial charge on any atom is 0.406 e. The average Bonchev–Trinajstić information content (AvgIpc) is 2.88. The summed E-state index contributed by atoms with van der Waals surface area (Å²) in [6, 6.07) is 4.76. The van der Waals surface area contributed by atoms with Crippen LogP contribution in [-0.4, -0.2) is 40.6 Å². The number of rotatable bonds is 9. The van der Waals surface area contributed by atoms with Gasteiger partial charge in [0.2, 0.25) is 11.5 Å². The molecule has 0 N–H and O–H groups in total. The Balaban J connectivity index is 2.09. The van der Waals surface area contributed by atoms with Crippen molar-refractivity contribution in [2.45, 2.75) is 26.8 Å². The van der Waals surface area contributed by atoms with Crippen LogP contribution in [0.5, 0.6) is 5.75 Å². The lowest BCUT2D eigenvalue weighted by Crippen LogP contribution is -2.14. The molecule has 0 saturated heterocycles. The second kappa shape index (κ2) is 8.39. The second-order valence-electron chi connectivity index (χ2n) is 5.58. The molecule has 2 aromatic rings. The SMILES string of the molecule is COCCCn1c(C)cc(C(=O)COc2cccnc2[N+](=O)[O-])c1C. The summed E-state index contributed by atoms with van der Waals surface area (Å²) in [6.07, 6.45) is 2.15. The number of aromatic nitrogens is 2. The molecule has 2 aromatic heterocycles. The van der Waals surface area contributed by atoms with E-state index in [2.05, 4.69) is 9.55 Å². The molecule has 0 radical (unpaired) electrons. The summed E-state index contributed by atoms with van der Waals surface area (Å²) < 4.78 is 12.4. The standard InChI is InChI=1S/C17H21N3O5/c1-12-10-14(13(2)19(12)8-5-9-24-3)15(21)11-25-16-6-4-7-18-17(16)20(22)23/h4,6-7,10H,5,8-9,11H2,1-3H3. The van der Waals surface area contributed by atoms with Gasteiger partial charge >= 0.3 is 5.82 Å². The molecule has 2 rings (SSSR count). The lowest BCUT2D eigenvalue weighted by atomic mass is 10.1. The van der Waals surface area contributed by atoms with Crippen molar-refractivity contribution in [3.63, 3.8) is 0 Å². The fourth-order valence-corrected chi connectivity index (χ4v) is 2.65. The monoisotopic (exact) mass is 347 g/mol. The van der Waals surface area contributed by atoms with E-state index in [1.807, 2.05) is 19.9 Å². The summed E-state index contributed by atoms with van der Waals surface area (Å²) in [6.45, 7) is 4.93. The first-order chi connectivity index (χ1) is 12.0. The number of nitro groups is 1. The van der Waals surface area contributed by atoms with E-state index in [1.54, 1.807) is 7.11 Å². The molecule has 0 aliphatic heterocycles. The first-order valence-corrected chi connectivity index (χ1v) is 7.86. The molecule has 0 atom stereocenters. The van der Waals surface area contributed by atoms with Crippen LogP contribution in [0.25, 0.3) is 0 Å². The minimum absolute atomic E-state index is 0.0187. The summed E-state index contributed by atoms with van der Waals surface area (Å²) in [4.78, 5) is 26.4. The molecule has 0 saturated carbocycles. The van der Waals surface area contributed by atoms with Gasteiger partial charge in [-0.15, -0.1) is 0 Å². The fourth-order valence-electron chi connectivity index (χ4n) is 2.65. The van der Waals surface area contributed by atoms with Gasteiger partial charge in [0.05, 0.1) is 0 Å². The topological polar surface area (TPSA) is 96.5 Å². The normalized spacial score (nSPS) is 10.7. The molecule has 0 aliphatic carbocycles. The van der Waals surface area contributed by atoms with E-state index in [-0.39, 0.29) is 18.1 Å². The Morgan fingerprint density at radius 2 is 2.16 bits per heavy atom. The van der Waals surface area contributed by atoms with Gasteiger partial charge < -0.3 is 24.2 Å². The average molecular weight is 347 g/mol. The predicted molar refractivity (Wildman–Crippen MR) is 91.1 cm³/mol. The zero-order valence-corrected chi connectivity index (χ0v) is 14.5. The van der Waals surface area contributed by atoms with Crippen LogP contribution in [0.15, 0.2) is 24.4 Å². The molecule has 0 spiro atoms. The van der Waals surface area contributed by atoms with Gasteiger partial charge in [-0.3, -0.25) is 4.79 Å². The Morgan fingerprint density at radius 1 is 1.40 bits per heavy atom. The van der Waals surface area contributed by atoms with Gasteiger partial charge in [0, 0.05) is 37.2 Å². The van der Waals surface area contributed by atoms with Crippen LogP contribution in [0.3, 0.4) is 0 Å². The first-order valence-electron chi connectivity index (χ1n) is 7.86. The van der Waals surface area contributed by atoms with Crippen LogP contribution >= 0.6 is 0 Å². The van der Waals surface area contributed by atoms with Crippen molar-refractivity contribution >= 4 is 11.6 Å². The van der Waals surface area contributed by atoms with Crippen molar-refractivity contribution in [3.05, 3.63) is 51.5 Å². The van der Waals surface area contributed by atoms with Crippen molar-refractivity contribution in [3.8, 4) is 5.75 Å². The molecule has 25 heavy (non-hydrogen) atoms. The number of ether oxygens (including phenoxy) is 2. The van der Waals surface area contributed by atoms with Gasteiger partial charge in [-0.1, -0.05) is 0 Å². The van der Waals surface area contributed by atoms with E-state index in [9.17, 15) is 14.9 Å². The van der Waals surface area contributed by atoms with Gasteiger partial charge in [0.1, 0.15) is 6.20 Å². The number of aryl methyl sites for hydroxylation is 1. The molecule has 0 aliphatic rings. The van der Waals surface area contributed by atoms with Gasteiger partial charge in [-0.05, 0) is 48.4 Å². The van der Waals surface area contributed by atoms with Crippen LogP contribution in [0, 0.1) is 24.0 Å². The largest absolute Gasteiger partial charge is 0.477 e. The maximum absolute atomic E-state index is 12.5. The smallest absolute Gasteiger partial charge is 0.406 e. The molecule has 0 bridgehead atoms. The van der Waals surface area contributed by atoms with Gasteiger partial charge in [-0.25, -0.2) is 0 Å². The van der Waals surface area contributed by atoms with Crippen molar-refractivity contribution in [1.29, 1.82) is 0 Å². The van der Waals surface area contributed by atoms with Crippen molar-refractivity contribution in [1.82, 2.24) is 9.55 Å². The summed E-state index contributed by atoms with van der Waals surface area (Å²) in [5, 5.41) is 10.9. The Kier molecular flexibility index (Phi) is 6.24. The minimum atomic E-state index is -0.637. The van der Waals surface area contributed by atoms with Gasteiger partial charge in [0.25, 0.3) is 0 Å². The number of hydrogen-bond acceptors (Lipinski definition) is 6. The molecule has 0 fully saturated rings. The van der Waals surface area contributed by atoms with Crippen LogP contribution in [0.2, 0.25) is 0 Å². The summed E-state index contributed by atoms with van der Waals surface area (Å²) >= 11 is 0. The van der Waals surface area contributed by atoms with E-state index >= 15 is 0 Å². The van der Waals surface area contributed by atoms with Gasteiger partial charge in [-0.2, -0.15) is 0 Å². The number of hydrogen-bond donors (Lipinski definition) is 0. The maximum atomic E-state index is 12.5. The number of Topliss-reactive ketones (excluding diaryl/α,β-unsaturated/α-hetero) is 1.